The topological polar surface area (TPSA) is 57.6 Å². The van der Waals surface area contributed by atoms with E-state index in [-0.39, 0.29) is 18.7 Å². The van der Waals surface area contributed by atoms with E-state index >= 15 is 0 Å². The maximum atomic E-state index is 12.9. The van der Waals surface area contributed by atoms with Crippen molar-refractivity contribution in [2.24, 2.45) is 0 Å². The van der Waals surface area contributed by atoms with Gasteiger partial charge < -0.3 is 10.0 Å². The lowest BCUT2D eigenvalue weighted by molar-refractivity contribution is -0.135. The fraction of sp³-hybridized carbons (Fsp3) is 0.158. The molecule has 1 amide bonds. The summed E-state index contributed by atoms with van der Waals surface area (Å²) in [6.45, 7) is 3.92. The SMILES string of the molecule is C=CCN1C(=O)[C@@](O)(CC(=O)c2ccc(Br)cc2)c2cc(Br)ccc21. The Morgan fingerprint density at radius 3 is 2.44 bits per heavy atom. The maximum Gasteiger partial charge on any atom is 0.264 e. The minimum absolute atomic E-state index is 0.266. The van der Waals surface area contributed by atoms with E-state index in [1.165, 1.54) is 4.90 Å². The number of Topliss-reactive ketones (excluding diaryl/α,β-unsaturated/α-hetero) is 1. The molecule has 0 fully saturated rings. The van der Waals surface area contributed by atoms with Gasteiger partial charge in [-0.3, -0.25) is 9.59 Å². The Bertz CT molecular complexity index is 863. The van der Waals surface area contributed by atoms with Crippen LogP contribution >= 0.6 is 31.9 Å². The van der Waals surface area contributed by atoms with E-state index in [1.807, 2.05) is 0 Å². The predicted octanol–water partition coefficient (Wildman–Crippen LogP) is 4.20. The van der Waals surface area contributed by atoms with Gasteiger partial charge in [0.25, 0.3) is 5.91 Å². The van der Waals surface area contributed by atoms with Crippen LogP contribution in [0.2, 0.25) is 0 Å². The van der Waals surface area contributed by atoms with Crippen molar-refractivity contribution >= 4 is 49.2 Å². The third-order valence-electron chi connectivity index (χ3n) is 4.19. The minimum atomic E-state index is -1.88. The molecule has 128 valence electrons. The summed E-state index contributed by atoms with van der Waals surface area (Å²) in [6.07, 6.45) is 1.27. The molecule has 0 aromatic heterocycles. The fourth-order valence-electron chi connectivity index (χ4n) is 2.97. The van der Waals surface area contributed by atoms with Crippen molar-refractivity contribution in [1.29, 1.82) is 0 Å². The first-order valence-electron chi connectivity index (χ1n) is 7.61. The van der Waals surface area contributed by atoms with Gasteiger partial charge >= 0.3 is 0 Å². The van der Waals surface area contributed by atoms with Gasteiger partial charge in [0.05, 0.1) is 12.1 Å². The van der Waals surface area contributed by atoms with E-state index in [0.717, 1.165) is 8.95 Å². The van der Waals surface area contributed by atoms with E-state index in [0.29, 0.717) is 16.8 Å². The van der Waals surface area contributed by atoms with Crippen molar-refractivity contribution in [1.82, 2.24) is 0 Å². The zero-order valence-corrected chi connectivity index (χ0v) is 16.4. The summed E-state index contributed by atoms with van der Waals surface area (Å²) in [6, 6.07) is 12.1. The Morgan fingerprint density at radius 1 is 1.16 bits per heavy atom. The quantitative estimate of drug-likeness (QED) is 0.532. The van der Waals surface area contributed by atoms with Crippen LogP contribution in [0.4, 0.5) is 5.69 Å². The van der Waals surface area contributed by atoms with Crippen LogP contribution in [0.15, 0.2) is 64.1 Å². The molecule has 0 saturated heterocycles. The van der Waals surface area contributed by atoms with Crippen molar-refractivity contribution in [3.8, 4) is 0 Å². The second kappa shape index (κ2) is 6.86. The highest BCUT2D eigenvalue weighted by atomic mass is 79.9. The van der Waals surface area contributed by atoms with Crippen LogP contribution in [0.5, 0.6) is 0 Å². The number of halogens is 2. The van der Waals surface area contributed by atoms with Crippen molar-refractivity contribution in [3.63, 3.8) is 0 Å². The van der Waals surface area contributed by atoms with Gasteiger partial charge in [0.15, 0.2) is 11.4 Å². The van der Waals surface area contributed by atoms with Gasteiger partial charge in [0.2, 0.25) is 0 Å². The van der Waals surface area contributed by atoms with Crippen LogP contribution in [-0.4, -0.2) is 23.3 Å². The number of fused-ring (bicyclic) bond motifs is 1. The molecule has 0 bridgehead atoms. The Kier molecular flexibility index (Phi) is 4.95. The summed E-state index contributed by atoms with van der Waals surface area (Å²) < 4.78 is 1.58. The lowest BCUT2D eigenvalue weighted by atomic mass is 9.88. The first-order valence-corrected chi connectivity index (χ1v) is 9.19. The highest BCUT2D eigenvalue weighted by Crippen LogP contribution is 2.44. The highest BCUT2D eigenvalue weighted by molar-refractivity contribution is 9.10. The Labute approximate surface area is 162 Å². The number of hydrogen-bond donors (Lipinski definition) is 1. The summed E-state index contributed by atoms with van der Waals surface area (Å²) in [5.74, 6) is -0.805. The lowest BCUT2D eigenvalue weighted by Gasteiger charge is -2.22. The number of anilines is 1. The molecule has 25 heavy (non-hydrogen) atoms. The third kappa shape index (κ3) is 3.21. The van der Waals surface area contributed by atoms with E-state index < -0.39 is 11.5 Å². The molecule has 4 nitrogen and oxygen atoms in total. The average Bonchev–Trinajstić information content (AvgIpc) is 2.77. The van der Waals surface area contributed by atoms with Gasteiger partial charge in [-0.2, -0.15) is 0 Å². The van der Waals surface area contributed by atoms with E-state index in [2.05, 4.69) is 38.4 Å². The van der Waals surface area contributed by atoms with Crippen molar-refractivity contribution in [2.45, 2.75) is 12.0 Å². The van der Waals surface area contributed by atoms with Crippen LogP contribution in [0.1, 0.15) is 22.3 Å². The molecule has 1 atom stereocenters. The highest BCUT2D eigenvalue weighted by Gasteiger charge is 2.50. The smallest absolute Gasteiger partial charge is 0.264 e. The van der Waals surface area contributed by atoms with Gasteiger partial charge in [-0.15, -0.1) is 6.58 Å². The number of carbonyl (C=O) groups excluding carboxylic acids is 2. The molecular weight excluding hydrogens is 450 g/mol. The fourth-order valence-corrected chi connectivity index (χ4v) is 3.60. The summed E-state index contributed by atoms with van der Waals surface area (Å²) in [7, 11) is 0. The standard InChI is InChI=1S/C19H15Br2NO3/c1-2-9-22-16-8-7-14(21)10-15(16)19(25,18(22)24)11-17(23)12-3-5-13(20)6-4-12/h2-8,10,25H,1,9,11H2/t19-/m1/s1. The molecule has 2 aromatic carbocycles. The normalized spacial score (nSPS) is 19.0. The molecular formula is C19H15Br2NO3. The maximum absolute atomic E-state index is 12.9. The molecule has 1 aliphatic rings. The number of rotatable bonds is 5. The molecule has 0 unspecified atom stereocenters. The summed E-state index contributed by atoms with van der Waals surface area (Å²) in [5, 5.41) is 11.1. The molecule has 6 heteroatoms. The number of benzene rings is 2. The number of carbonyl (C=O) groups is 2. The third-order valence-corrected chi connectivity index (χ3v) is 5.21. The first kappa shape index (κ1) is 18.0. The predicted molar refractivity (Wildman–Crippen MR) is 104 cm³/mol. The Balaban J connectivity index is 2.00. The van der Waals surface area contributed by atoms with E-state index in [1.54, 1.807) is 48.5 Å². The molecule has 0 saturated carbocycles. The summed E-state index contributed by atoms with van der Waals surface area (Å²) in [4.78, 5) is 27.0. The van der Waals surface area contributed by atoms with E-state index in [9.17, 15) is 14.7 Å². The second-order valence-corrected chi connectivity index (χ2v) is 7.66. The number of ketones is 1. The molecule has 0 spiro atoms. The Morgan fingerprint density at radius 2 is 1.80 bits per heavy atom. The second-order valence-electron chi connectivity index (χ2n) is 5.83. The first-order chi connectivity index (χ1) is 11.9. The molecule has 0 aliphatic carbocycles. The van der Waals surface area contributed by atoms with Crippen LogP contribution in [-0.2, 0) is 10.4 Å². The summed E-state index contributed by atoms with van der Waals surface area (Å²) >= 11 is 6.68. The molecule has 3 rings (SSSR count). The minimum Gasteiger partial charge on any atom is -0.375 e. The van der Waals surface area contributed by atoms with Crippen molar-refractivity contribution in [2.75, 3.05) is 11.4 Å². The van der Waals surface area contributed by atoms with E-state index in [4.69, 9.17) is 0 Å². The monoisotopic (exact) mass is 463 g/mol. The average molecular weight is 465 g/mol. The van der Waals surface area contributed by atoms with Gasteiger partial charge in [-0.25, -0.2) is 0 Å². The molecule has 1 aliphatic heterocycles. The van der Waals surface area contributed by atoms with Crippen LogP contribution in [0.25, 0.3) is 0 Å². The van der Waals surface area contributed by atoms with Gasteiger partial charge in [0.1, 0.15) is 0 Å². The number of amides is 1. The lowest BCUT2D eigenvalue weighted by Crippen LogP contribution is -2.41. The van der Waals surface area contributed by atoms with Crippen molar-refractivity contribution < 1.29 is 14.7 Å². The molecule has 1 heterocycles. The van der Waals surface area contributed by atoms with Gasteiger partial charge in [-0.05, 0) is 30.3 Å². The zero-order chi connectivity index (χ0) is 18.2. The molecule has 0 radical (unpaired) electrons. The number of aliphatic hydroxyl groups is 1. The number of hydrogen-bond acceptors (Lipinski definition) is 3. The largest absolute Gasteiger partial charge is 0.375 e. The Hall–Kier alpha value is -1.76. The zero-order valence-electron chi connectivity index (χ0n) is 13.2. The number of nitrogens with zero attached hydrogens (tertiary/aromatic N) is 1. The summed E-state index contributed by atoms with van der Waals surface area (Å²) in [5.41, 5.74) is -0.409. The van der Waals surface area contributed by atoms with Crippen LogP contribution in [0, 0.1) is 0 Å². The van der Waals surface area contributed by atoms with Gasteiger partial charge in [0, 0.05) is 26.6 Å². The van der Waals surface area contributed by atoms with Crippen molar-refractivity contribution in [3.05, 3.63) is 75.2 Å². The van der Waals surface area contributed by atoms with Crippen LogP contribution in [0.3, 0.4) is 0 Å². The van der Waals surface area contributed by atoms with Crippen LogP contribution < -0.4 is 4.90 Å². The molecule has 1 N–H and O–H groups in total. The molecule has 2 aromatic rings. The van der Waals surface area contributed by atoms with Gasteiger partial charge in [-0.1, -0.05) is 50.1 Å².